The van der Waals surface area contributed by atoms with E-state index in [1.54, 1.807) is 0 Å². The fourth-order valence-electron chi connectivity index (χ4n) is 1.84. The van der Waals surface area contributed by atoms with E-state index >= 15 is 0 Å². The second kappa shape index (κ2) is 2.54. The third kappa shape index (κ3) is 1.34. The summed E-state index contributed by atoms with van der Waals surface area (Å²) in [6.45, 7) is 6.97. The average Bonchev–Trinajstić information content (AvgIpc) is 2.13. The quantitative estimate of drug-likeness (QED) is 0.595. The maximum Gasteiger partial charge on any atom is 0.00443 e. The summed E-state index contributed by atoms with van der Waals surface area (Å²) in [5.41, 5.74) is 6.39. The third-order valence-corrected chi connectivity index (χ3v) is 3.21. The third-order valence-electron chi connectivity index (χ3n) is 3.21. The molecule has 0 heterocycles. The summed E-state index contributed by atoms with van der Waals surface area (Å²) in [6, 6.07) is 0.479. The van der Waals surface area contributed by atoms with Gasteiger partial charge in [0.15, 0.2) is 0 Å². The molecule has 0 bridgehead atoms. The van der Waals surface area contributed by atoms with Gasteiger partial charge in [-0.1, -0.05) is 20.8 Å². The molecule has 2 unspecified atom stereocenters. The highest BCUT2D eigenvalue weighted by Gasteiger charge is 2.35. The van der Waals surface area contributed by atoms with E-state index in [2.05, 4.69) is 20.8 Å². The Kier molecular flexibility index (Phi) is 2.04. The molecule has 0 aliphatic heterocycles. The molecule has 0 spiro atoms. The molecule has 0 aromatic rings. The van der Waals surface area contributed by atoms with Crippen molar-refractivity contribution in [1.29, 1.82) is 0 Å². The molecule has 60 valence electrons. The van der Waals surface area contributed by atoms with Crippen LogP contribution in [0.25, 0.3) is 0 Å². The van der Waals surface area contributed by atoms with E-state index in [0.29, 0.717) is 11.5 Å². The molecular weight excluding hydrogens is 122 g/mol. The first-order valence-corrected chi connectivity index (χ1v) is 4.30. The van der Waals surface area contributed by atoms with E-state index in [1.807, 2.05) is 0 Å². The molecule has 0 amide bonds. The van der Waals surface area contributed by atoms with Gasteiger partial charge in [0.2, 0.25) is 0 Å². The fourth-order valence-corrected chi connectivity index (χ4v) is 1.84. The molecule has 0 radical (unpaired) electrons. The normalized spacial score (nSPS) is 41.1. The van der Waals surface area contributed by atoms with Crippen LogP contribution in [0.4, 0.5) is 0 Å². The minimum Gasteiger partial charge on any atom is -0.328 e. The fraction of sp³-hybridized carbons (Fsp3) is 1.00. The van der Waals surface area contributed by atoms with E-state index in [-0.39, 0.29) is 0 Å². The second-order valence-electron chi connectivity index (χ2n) is 4.31. The zero-order valence-corrected chi connectivity index (χ0v) is 7.35. The van der Waals surface area contributed by atoms with Crippen LogP contribution in [0.1, 0.15) is 40.0 Å². The van der Waals surface area contributed by atoms with Gasteiger partial charge in [0, 0.05) is 6.04 Å². The predicted octanol–water partition coefficient (Wildman–Crippen LogP) is 2.16. The SMILES string of the molecule is CC(C)C1(C)CCC(N)C1. The smallest absolute Gasteiger partial charge is 0.00443 e. The summed E-state index contributed by atoms with van der Waals surface area (Å²) in [5, 5.41) is 0. The van der Waals surface area contributed by atoms with E-state index in [1.165, 1.54) is 19.3 Å². The Labute approximate surface area is 64.0 Å². The van der Waals surface area contributed by atoms with Crippen LogP contribution in [0.15, 0.2) is 0 Å². The Morgan fingerprint density at radius 3 is 2.30 bits per heavy atom. The summed E-state index contributed by atoms with van der Waals surface area (Å²) >= 11 is 0. The van der Waals surface area contributed by atoms with Crippen molar-refractivity contribution >= 4 is 0 Å². The van der Waals surface area contributed by atoms with Crippen molar-refractivity contribution in [2.45, 2.75) is 46.1 Å². The summed E-state index contributed by atoms with van der Waals surface area (Å²) in [7, 11) is 0. The van der Waals surface area contributed by atoms with Crippen LogP contribution >= 0.6 is 0 Å². The molecule has 2 N–H and O–H groups in total. The number of nitrogens with two attached hydrogens (primary N) is 1. The lowest BCUT2D eigenvalue weighted by Gasteiger charge is -2.28. The van der Waals surface area contributed by atoms with Crippen LogP contribution in [-0.2, 0) is 0 Å². The van der Waals surface area contributed by atoms with Crippen molar-refractivity contribution in [1.82, 2.24) is 0 Å². The van der Waals surface area contributed by atoms with Gasteiger partial charge in [-0.25, -0.2) is 0 Å². The van der Waals surface area contributed by atoms with Crippen molar-refractivity contribution in [3.05, 3.63) is 0 Å². The van der Waals surface area contributed by atoms with E-state index in [0.717, 1.165) is 5.92 Å². The van der Waals surface area contributed by atoms with Gasteiger partial charge in [-0.2, -0.15) is 0 Å². The molecule has 0 aromatic heterocycles. The van der Waals surface area contributed by atoms with Gasteiger partial charge < -0.3 is 5.73 Å². The van der Waals surface area contributed by atoms with Gasteiger partial charge in [-0.05, 0) is 30.6 Å². The molecule has 1 nitrogen and oxygen atoms in total. The summed E-state index contributed by atoms with van der Waals surface area (Å²) < 4.78 is 0. The van der Waals surface area contributed by atoms with E-state index in [9.17, 15) is 0 Å². The maximum atomic E-state index is 5.85. The maximum absolute atomic E-state index is 5.85. The van der Waals surface area contributed by atoms with Gasteiger partial charge in [0.1, 0.15) is 0 Å². The number of rotatable bonds is 1. The topological polar surface area (TPSA) is 26.0 Å². The molecule has 1 heteroatoms. The molecule has 0 aromatic carbocycles. The zero-order chi connectivity index (χ0) is 7.78. The first-order valence-electron chi connectivity index (χ1n) is 4.30. The lowest BCUT2D eigenvalue weighted by molar-refractivity contribution is 0.225. The minimum atomic E-state index is 0.479. The summed E-state index contributed by atoms with van der Waals surface area (Å²) in [6.07, 6.45) is 3.78. The predicted molar refractivity (Wildman–Crippen MR) is 44.8 cm³/mol. The number of hydrogen-bond acceptors (Lipinski definition) is 1. The summed E-state index contributed by atoms with van der Waals surface area (Å²) in [4.78, 5) is 0. The highest BCUT2D eigenvalue weighted by atomic mass is 14.7. The monoisotopic (exact) mass is 141 g/mol. The number of hydrogen-bond donors (Lipinski definition) is 1. The lowest BCUT2D eigenvalue weighted by Crippen LogP contribution is -2.23. The van der Waals surface area contributed by atoms with Crippen molar-refractivity contribution in [2.24, 2.45) is 17.1 Å². The Morgan fingerprint density at radius 1 is 1.50 bits per heavy atom. The standard InChI is InChI=1S/C9H19N/c1-7(2)9(3)5-4-8(10)6-9/h7-8H,4-6,10H2,1-3H3. The van der Waals surface area contributed by atoms with Gasteiger partial charge in [-0.15, -0.1) is 0 Å². The van der Waals surface area contributed by atoms with Crippen molar-refractivity contribution < 1.29 is 0 Å². The summed E-state index contributed by atoms with van der Waals surface area (Å²) in [5.74, 6) is 0.793. The van der Waals surface area contributed by atoms with Crippen molar-refractivity contribution in [3.63, 3.8) is 0 Å². The van der Waals surface area contributed by atoms with Crippen LogP contribution in [-0.4, -0.2) is 6.04 Å². The first kappa shape index (κ1) is 8.06. The van der Waals surface area contributed by atoms with E-state index in [4.69, 9.17) is 5.73 Å². The lowest BCUT2D eigenvalue weighted by atomic mass is 9.78. The van der Waals surface area contributed by atoms with Gasteiger partial charge in [0.05, 0.1) is 0 Å². The Bertz CT molecular complexity index is 120. The minimum absolute atomic E-state index is 0.479. The van der Waals surface area contributed by atoms with Crippen LogP contribution in [0.2, 0.25) is 0 Å². The van der Waals surface area contributed by atoms with Crippen LogP contribution in [0.3, 0.4) is 0 Å². The average molecular weight is 141 g/mol. The molecule has 1 aliphatic rings. The highest BCUT2D eigenvalue weighted by molar-refractivity contribution is 4.89. The second-order valence-corrected chi connectivity index (χ2v) is 4.31. The van der Waals surface area contributed by atoms with Crippen LogP contribution in [0, 0.1) is 11.3 Å². The molecule has 0 saturated heterocycles. The first-order chi connectivity index (χ1) is 4.54. The molecule has 1 saturated carbocycles. The zero-order valence-electron chi connectivity index (χ0n) is 7.35. The highest BCUT2D eigenvalue weighted by Crippen LogP contribution is 2.42. The van der Waals surface area contributed by atoms with Gasteiger partial charge in [-0.3, -0.25) is 0 Å². The van der Waals surface area contributed by atoms with Crippen LogP contribution < -0.4 is 5.73 Å². The van der Waals surface area contributed by atoms with E-state index < -0.39 is 0 Å². The molecule has 1 fully saturated rings. The Morgan fingerprint density at radius 2 is 2.10 bits per heavy atom. The molecule has 1 rings (SSSR count). The molecule has 10 heavy (non-hydrogen) atoms. The Hall–Kier alpha value is -0.0400. The van der Waals surface area contributed by atoms with Gasteiger partial charge >= 0.3 is 0 Å². The van der Waals surface area contributed by atoms with Crippen molar-refractivity contribution in [2.75, 3.05) is 0 Å². The van der Waals surface area contributed by atoms with Gasteiger partial charge in [0.25, 0.3) is 0 Å². The molecule has 1 aliphatic carbocycles. The van der Waals surface area contributed by atoms with Crippen molar-refractivity contribution in [3.8, 4) is 0 Å². The largest absolute Gasteiger partial charge is 0.328 e. The Balaban J connectivity index is 2.54. The molecular formula is C9H19N. The van der Waals surface area contributed by atoms with Crippen LogP contribution in [0.5, 0.6) is 0 Å². The molecule has 2 atom stereocenters.